The van der Waals surface area contributed by atoms with Gasteiger partial charge < -0.3 is 5.32 Å². The number of carbonyl (C=O) groups excluding carboxylic acids is 1. The van der Waals surface area contributed by atoms with Crippen molar-refractivity contribution in [3.8, 4) is 0 Å². The van der Waals surface area contributed by atoms with Gasteiger partial charge in [0.15, 0.2) is 0 Å². The maximum absolute atomic E-state index is 10.6. The lowest BCUT2D eigenvalue weighted by molar-refractivity contribution is -0.116. The Morgan fingerprint density at radius 3 is 2.50 bits per heavy atom. The summed E-state index contributed by atoms with van der Waals surface area (Å²) < 4.78 is 0. The van der Waals surface area contributed by atoms with Gasteiger partial charge in [0.05, 0.1) is 0 Å². The van der Waals surface area contributed by atoms with Crippen LogP contribution in [0.2, 0.25) is 0 Å². The zero-order valence-electron chi connectivity index (χ0n) is 5.06. The van der Waals surface area contributed by atoms with Crippen molar-refractivity contribution in [3.05, 3.63) is 11.6 Å². The van der Waals surface area contributed by atoms with Crippen LogP contribution in [-0.4, -0.2) is 11.9 Å². The maximum atomic E-state index is 10.6. The molecule has 1 aliphatic heterocycles. The number of amides is 1. The average Bonchev–Trinajstić information content (AvgIpc) is 1.85. The third-order valence-corrected chi connectivity index (χ3v) is 1.22. The summed E-state index contributed by atoms with van der Waals surface area (Å²) in [6, 6.07) is 0.238. The fourth-order valence-corrected chi connectivity index (χ4v) is 0.813. The van der Waals surface area contributed by atoms with E-state index in [0.717, 1.165) is 5.57 Å². The third-order valence-electron chi connectivity index (χ3n) is 1.22. The summed E-state index contributed by atoms with van der Waals surface area (Å²) in [6.07, 6.45) is 1.92. The standard InChI is InChI=1S/C6H9NO/c1-4-3-5(2)7-6(4)8/h3,5H,1-2H3,(H,7,8). The van der Waals surface area contributed by atoms with E-state index in [1.807, 2.05) is 19.9 Å². The highest BCUT2D eigenvalue weighted by Crippen LogP contribution is 2.03. The van der Waals surface area contributed by atoms with Gasteiger partial charge in [-0.25, -0.2) is 0 Å². The predicted molar refractivity (Wildman–Crippen MR) is 31.4 cm³/mol. The lowest BCUT2D eigenvalue weighted by Gasteiger charge is -1.95. The lowest BCUT2D eigenvalue weighted by Crippen LogP contribution is -2.23. The largest absolute Gasteiger partial charge is 0.346 e. The molecular weight excluding hydrogens is 102 g/mol. The molecule has 44 valence electrons. The van der Waals surface area contributed by atoms with E-state index in [9.17, 15) is 4.79 Å². The Morgan fingerprint density at radius 2 is 2.38 bits per heavy atom. The third kappa shape index (κ3) is 0.735. The van der Waals surface area contributed by atoms with Gasteiger partial charge >= 0.3 is 0 Å². The Morgan fingerprint density at radius 1 is 1.75 bits per heavy atom. The summed E-state index contributed by atoms with van der Waals surface area (Å²) in [7, 11) is 0. The van der Waals surface area contributed by atoms with E-state index in [-0.39, 0.29) is 11.9 Å². The number of hydrogen-bond donors (Lipinski definition) is 1. The van der Waals surface area contributed by atoms with Crippen LogP contribution < -0.4 is 5.32 Å². The molecule has 0 aromatic heterocycles. The fourth-order valence-electron chi connectivity index (χ4n) is 0.813. The zero-order chi connectivity index (χ0) is 6.15. The average molecular weight is 111 g/mol. The molecule has 0 spiro atoms. The first-order valence-electron chi connectivity index (χ1n) is 2.69. The van der Waals surface area contributed by atoms with Crippen molar-refractivity contribution in [1.82, 2.24) is 5.32 Å². The van der Waals surface area contributed by atoms with Crippen LogP contribution in [0.15, 0.2) is 11.6 Å². The summed E-state index contributed by atoms with van der Waals surface area (Å²) in [5.74, 6) is 0.0671. The van der Waals surface area contributed by atoms with Crippen LogP contribution in [-0.2, 0) is 4.79 Å². The van der Waals surface area contributed by atoms with Crippen molar-refractivity contribution >= 4 is 5.91 Å². The SMILES string of the molecule is CC1=CC(C)NC1=O. The summed E-state index contributed by atoms with van der Waals surface area (Å²) in [5, 5.41) is 2.73. The molecule has 0 aromatic carbocycles. The van der Waals surface area contributed by atoms with Crippen molar-refractivity contribution < 1.29 is 4.79 Å². The highest BCUT2D eigenvalue weighted by atomic mass is 16.1. The molecule has 1 unspecified atom stereocenters. The van der Waals surface area contributed by atoms with Crippen LogP contribution in [0.5, 0.6) is 0 Å². The van der Waals surface area contributed by atoms with Gasteiger partial charge in [0.25, 0.3) is 0 Å². The Hall–Kier alpha value is -0.790. The van der Waals surface area contributed by atoms with E-state index in [1.54, 1.807) is 0 Å². The summed E-state index contributed by atoms with van der Waals surface area (Å²) >= 11 is 0. The second-order valence-corrected chi connectivity index (χ2v) is 2.11. The summed E-state index contributed by atoms with van der Waals surface area (Å²) in [6.45, 7) is 3.77. The van der Waals surface area contributed by atoms with Gasteiger partial charge in [-0.3, -0.25) is 4.79 Å². The topological polar surface area (TPSA) is 29.1 Å². The molecule has 0 saturated heterocycles. The monoisotopic (exact) mass is 111 g/mol. The van der Waals surface area contributed by atoms with Gasteiger partial charge in [0.1, 0.15) is 0 Å². The van der Waals surface area contributed by atoms with Gasteiger partial charge in [0.2, 0.25) is 5.91 Å². The fraction of sp³-hybridized carbons (Fsp3) is 0.500. The number of carbonyl (C=O) groups is 1. The van der Waals surface area contributed by atoms with Crippen LogP contribution in [0.3, 0.4) is 0 Å². The quantitative estimate of drug-likeness (QED) is 0.483. The summed E-state index contributed by atoms with van der Waals surface area (Å²) in [4.78, 5) is 10.6. The molecule has 2 nitrogen and oxygen atoms in total. The minimum Gasteiger partial charge on any atom is -0.346 e. The first-order chi connectivity index (χ1) is 3.70. The Labute approximate surface area is 48.6 Å². The van der Waals surface area contributed by atoms with E-state index < -0.39 is 0 Å². The second-order valence-electron chi connectivity index (χ2n) is 2.11. The molecule has 0 radical (unpaired) electrons. The lowest BCUT2D eigenvalue weighted by atomic mass is 10.3. The van der Waals surface area contributed by atoms with Crippen LogP contribution in [0.25, 0.3) is 0 Å². The number of hydrogen-bond acceptors (Lipinski definition) is 1. The van der Waals surface area contributed by atoms with Gasteiger partial charge in [-0.2, -0.15) is 0 Å². The van der Waals surface area contributed by atoms with Crippen LogP contribution in [0, 0.1) is 0 Å². The second kappa shape index (κ2) is 1.62. The van der Waals surface area contributed by atoms with Crippen molar-refractivity contribution in [2.24, 2.45) is 0 Å². The molecule has 0 saturated carbocycles. The molecule has 1 amide bonds. The van der Waals surface area contributed by atoms with Crippen molar-refractivity contribution in [3.63, 3.8) is 0 Å². The van der Waals surface area contributed by atoms with Crippen LogP contribution in [0.1, 0.15) is 13.8 Å². The molecule has 1 N–H and O–H groups in total. The van der Waals surface area contributed by atoms with Gasteiger partial charge in [-0.1, -0.05) is 6.08 Å². The highest BCUT2D eigenvalue weighted by molar-refractivity contribution is 5.95. The van der Waals surface area contributed by atoms with E-state index in [2.05, 4.69) is 5.32 Å². The molecule has 1 aliphatic rings. The van der Waals surface area contributed by atoms with Gasteiger partial charge in [-0.05, 0) is 13.8 Å². The minimum atomic E-state index is 0.0671. The first kappa shape index (κ1) is 5.35. The zero-order valence-corrected chi connectivity index (χ0v) is 5.06. The predicted octanol–water partition coefficient (Wildman–Crippen LogP) is 0.451. The van der Waals surface area contributed by atoms with Gasteiger partial charge in [0, 0.05) is 11.6 Å². The van der Waals surface area contributed by atoms with E-state index in [0.29, 0.717) is 0 Å². The summed E-state index contributed by atoms with van der Waals surface area (Å²) in [5.41, 5.74) is 0.831. The Balaban J connectivity index is 2.73. The normalized spacial score (nSPS) is 27.5. The molecule has 2 heteroatoms. The first-order valence-corrected chi connectivity index (χ1v) is 2.69. The van der Waals surface area contributed by atoms with Crippen LogP contribution in [0.4, 0.5) is 0 Å². The Bertz CT molecular complexity index is 149. The maximum Gasteiger partial charge on any atom is 0.247 e. The van der Waals surface area contributed by atoms with Gasteiger partial charge in [-0.15, -0.1) is 0 Å². The molecule has 1 atom stereocenters. The van der Waals surface area contributed by atoms with E-state index in [1.165, 1.54) is 0 Å². The molecular formula is C6H9NO. The van der Waals surface area contributed by atoms with Crippen molar-refractivity contribution in [1.29, 1.82) is 0 Å². The van der Waals surface area contributed by atoms with Crippen molar-refractivity contribution in [2.75, 3.05) is 0 Å². The molecule has 0 aromatic rings. The molecule has 0 fully saturated rings. The van der Waals surface area contributed by atoms with Crippen LogP contribution >= 0.6 is 0 Å². The molecule has 0 aliphatic carbocycles. The van der Waals surface area contributed by atoms with E-state index >= 15 is 0 Å². The van der Waals surface area contributed by atoms with E-state index in [4.69, 9.17) is 0 Å². The molecule has 1 rings (SSSR count). The number of rotatable bonds is 0. The highest BCUT2D eigenvalue weighted by Gasteiger charge is 2.14. The molecule has 8 heavy (non-hydrogen) atoms. The van der Waals surface area contributed by atoms with Crippen molar-refractivity contribution in [2.45, 2.75) is 19.9 Å². The minimum absolute atomic E-state index is 0.0671. The smallest absolute Gasteiger partial charge is 0.247 e. The Kier molecular flexibility index (Phi) is 1.08. The number of nitrogens with one attached hydrogen (secondary N) is 1. The molecule has 0 bridgehead atoms. The molecule has 1 heterocycles.